The van der Waals surface area contributed by atoms with Crippen LogP contribution in [-0.4, -0.2) is 28.2 Å². The van der Waals surface area contributed by atoms with Gasteiger partial charge in [-0.1, -0.05) is 6.07 Å². The van der Waals surface area contributed by atoms with Crippen molar-refractivity contribution in [3.05, 3.63) is 29.3 Å². The Hall–Kier alpha value is -1.71. The van der Waals surface area contributed by atoms with Crippen molar-refractivity contribution in [2.45, 2.75) is 45.8 Å². The van der Waals surface area contributed by atoms with Crippen LogP contribution in [0.2, 0.25) is 0 Å². The number of rotatable bonds is 0. The minimum absolute atomic E-state index is 0.0781. The molecular formula is C15H21NO3. The Kier molecular flexibility index (Phi) is 3.43. The van der Waals surface area contributed by atoms with Gasteiger partial charge in [0.25, 0.3) is 0 Å². The number of phenols is 1. The third-order valence-corrected chi connectivity index (χ3v) is 3.30. The number of ether oxygens (including phenoxy) is 1. The molecule has 1 aliphatic heterocycles. The highest BCUT2D eigenvalue weighted by Gasteiger charge is 2.31. The minimum atomic E-state index is -0.490. The summed E-state index contributed by atoms with van der Waals surface area (Å²) in [6.07, 6.45) is 0.494. The Morgan fingerprint density at radius 1 is 1.42 bits per heavy atom. The Morgan fingerprint density at radius 2 is 2.11 bits per heavy atom. The standard InChI is InChI=1S/C15H21NO3/c1-10-13-9-12(17)6-5-11(13)7-8-16(10)14(18)19-15(2,3)4/h5-6,9-10,17H,7-8H2,1-4H3/t10-/m0/s1. The van der Waals surface area contributed by atoms with E-state index in [1.807, 2.05) is 33.8 Å². The predicted octanol–water partition coefficient (Wildman–Crippen LogP) is 3.25. The predicted molar refractivity (Wildman–Crippen MR) is 73.2 cm³/mol. The minimum Gasteiger partial charge on any atom is -0.508 e. The van der Waals surface area contributed by atoms with Crippen molar-refractivity contribution in [2.75, 3.05) is 6.54 Å². The van der Waals surface area contributed by atoms with Crippen molar-refractivity contribution in [1.29, 1.82) is 0 Å². The zero-order valence-electron chi connectivity index (χ0n) is 11.9. The largest absolute Gasteiger partial charge is 0.508 e. The average molecular weight is 263 g/mol. The van der Waals surface area contributed by atoms with Crippen LogP contribution < -0.4 is 0 Å². The number of hydrogen-bond acceptors (Lipinski definition) is 3. The molecule has 19 heavy (non-hydrogen) atoms. The molecule has 104 valence electrons. The van der Waals surface area contributed by atoms with Gasteiger partial charge >= 0.3 is 6.09 Å². The summed E-state index contributed by atoms with van der Waals surface area (Å²) in [5.74, 6) is 0.233. The summed E-state index contributed by atoms with van der Waals surface area (Å²) in [5.41, 5.74) is 1.69. The van der Waals surface area contributed by atoms with Gasteiger partial charge in [-0.05, 0) is 57.4 Å². The molecule has 0 saturated heterocycles. The number of amides is 1. The second kappa shape index (κ2) is 4.76. The maximum atomic E-state index is 12.2. The first-order valence-electron chi connectivity index (χ1n) is 6.59. The van der Waals surface area contributed by atoms with Crippen molar-refractivity contribution in [1.82, 2.24) is 4.90 Å². The molecule has 1 aliphatic rings. The first-order chi connectivity index (χ1) is 8.78. The molecule has 0 unspecified atom stereocenters. The molecule has 1 amide bonds. The van der Waals surface area contributed by atoms with Gasteiger partial charge in [0.1, 0.15) is 11.4 Å². The van der Waals surface area contributed by atoms with E-state index < -0.39 is 5.60 Å². The van der Waals surface area contributed by atoms with Crippen molar-refractivity contribution < 1.29 is 14.6 Å². The molecule has 0 bridgehead atoms. The second-order valence-electron chi connectivity index (χ2n) is 5.98. The van der Waals surface area contributed by atoms with E-state index in [9.17, 15) is 9.90 Å². The zero-order valence-corrected chi connectivity index (χ0v) is 11.9. The molecule has 0 saturated carbocycles. The van der Waals surface area contributed by atoms with Crippen molar-refractivity contribution in [3.8, 4) is 5.75 Å². The lowest BCUT2D eigenvalue weighted by molar-refractivity contribution is 0.0159. The van der Waals surface area contributed by atoms with Gasteiger partial charge in [0, 0.05) is 6.54 Å². The molecule has 0 radical (unpaired) electrons. The molecule has 2 rings (SSSR count). The van der Waals surface area contributed by atoms with Gasteiger partial charge in [0.2, 0.25) is 0 Å². The van der Waals surface area contributed by atoms with E-state index in [-0.39, 0.29) is 17.9 Å². The van der Waals surface area contributed by atoms with Crippen LogP contribution in [-0.2, 0) is 11.2 Å². The fourth-order valence-corrected chi connectivity index (χ4v) is 2.37. The number of carbonyl (C=O) groups is 1. The molecule has 0 spiro atoms. The molecule has 1 N–H and O–H groups in total. The lowest BCUT2D eigenvalue weighted by Gasteiger charge is -2.36. The third kappa shape index (κ3) is 3.00. The maximum Gasteiger partial charge on any atom is 0.410 e. The lowest BCUT2D eigenvalue weighted by atomic mass is 9.93. The number of phenolic OH excluding ortho intramolecular Hbond substituents is 1. The van der Waals surface area contributed by atoms with Crippen molar-refractivity contribution in [2.24, 2.45) is 0 Å². The van der Waals surface area contributed by atoms with Crippen molar-refractivity contribution >= 4 is 6.09 Å². The van der Waals surface area contributed by atoms with Crippen LogP contribution in [0.25, 0.3) is 0 Å². The van der Waals surface area contributed by atoms with Gasteiger partial charge in [-0.2, -0.15) is 0 Å². The van der Waals surface area contributed by atoms with Crippen LogP contribution in [0.4, 0.5) is 4.79 Å². The van der Waals surface area contributed by atoms with Crippen LogP contribution in [0.15, 0.2) is 18.2 Å². The van der Waals surface area contributed by atoms with Crippen LogP contribution in [0, 0.1) is 0 Å². The molecule has 0 aliphatic carbocycles. The fraction of sp³-hybridized carbons (Fsp3) is 0.533. The first-order valence-corrected chi connectivity index (χ1v) is 6.59. The van der Waals surface area contributed by atoms with Gasteiger partial charge in [-0.15, -0.1) is 0 Å². The summed E-state index contributed by atoms with van der Waals surface area (Å²) >= 11 is 0. The van der Waals surface area contributed by atoms with Gasteiger partial charge < -0.3 is 14.7 Å². The Bertz CT molecular complexity index is 491. The van der Waals surface area contributed by atoms with E-state index in [0.717, 1.165) is 12.0 Å². The molecule has 4 heteroatoms. The number of nitrogens with zero attached hydrogens (tertiary/aromatic N) is 1. The Balaban J connectivity index is 2.21. The van der Waals surface area contributed by atoms with E-state index in [4.69, 9.17) is 4.74 Å². The molecule has 1 aromatic rings. The van der Waals surface area contributed by atoms with Gasteiger partial charge in [-0.3, -0.25) is 0 Å². The number of aromatic hydroxyl groups is 1. The fourth-order valence-electron chi connectivity index (χ4n) is 2.37. The average Bonchev–Trinajstić information content (AvgIpc) is 2.28. The van der Waals surface area contributed by atoms with Crippen molar-refractivity contribution in [3.63, 3.8) is 0 Å². The maximum absolute atomic E-state index is 12.2. The number of fused-ring (bicyclic) bond motifs is 1. The van der Waals surface area contributed by atoms with E-state index in [2.05, 4.69) is 0 Å². The Morgan fingerprint density at radius 3 is 2.74 bits per heavy atom. The molecule has 4 nitrogen and oxygen atoms in total. The second-order valence-corrected chi connectivity index (χ2v) is 5.98. The zero-order chi connectivity index (χ0) is 14.2. The quantitative estimate of drug-likeness (QED) is 0.781. The SMILES string of the molecule is C[C@H]1c2cc(O)ccc2CCN1C(=O)OC(C)(C)C. The lowest BCUT2D eigenvalue weighted by Crippen LogP contribution is -2.42. The number of hydrogen-bond donors (Lipinski definition) is 1. The first kappa shape index (κ1) is 13.7. The van der Waals surface area contributed by atoms with Crippen LogP contribution in [0.3, 0.4) is 0 Å². The third-order valence-electron chi connectivity index (χ3n) is 3.30. The topological polar surface area (TPSA) is 49.8 Å². The Labute approximate surface area is 114 Å². The summed E-state index contributed by atoms with van der Waals surface area (Å²) in [6, 6.07) is 5.27. The molecule has 1 heterocycles. The van der Waals surface area contributed by atoms with Crippen LogP contribution in [0.5, 0.6) is 5.75 Å². The number of benzene rings is 1. The summed E-state index contributed by atoms with van der Waals surface area (Å²) in [5, 5.41) is 9.58. The molecule has 1 aromatic carbocycles. The summed E-state index contributed by atoms with van der Waals surface area (Å²) < 4.78 is 5.42. The monoisotopic (exact) mass is 263 g/mol. The van der Waals surface area contributed by atoms with E-state index >= 15 is 0 Å². The highest BCUT2D eigenvalue weighted by molar-refractivity contribution is 5.69. The highest BCUT2D eigenvalue weighted by atomic mass is 16.6. The van der Waals surface area contributed by atoms with Gasteiger partial charge in [0.15, 0.2) is 0 Å². The van der Waals surface area contributed by atoms with E-state index in [1.165, 1.54) is 5.56 Å². The molecule has 0 aromatic heterocycles. The highest BCUT2D eigenvalue weighted by Crippen LogP contribution is 2.32. The van der Waals surface area contributed by atoms with Gasteiger partial charge in [0.05, 0.1) is 6.04 Å². The number of carbonyl (C=O) groups excluding carboxylic acids is 1. The summed E-state index contributed by atoms with van der Waals surface area (Å²) in [7, 11) is 0. The molecule has 0 fully saturated rings. The van der Waals surface area contributed by atoms with E-state index in [0.29, 0.717) is 6.54 Å². The van der Waals surface area contributed by atoms with E-state index in [1.54, 1.807) is 17.0 Å². The summed E-state index contributed by atoms with van der Waals surface area (Å²) in [4.78, 5) is 13.9. The molecule has 1 atom stereocenters. The van der Waals surface area contributed by atoms with Gasteiger partial charge in [-0.25, -0.2) is 4.79 Å². The summed E-state index contributed by atoms with van der Waals surface area (Å²) in [6.45, 7) is 8.19. The molecular weight excluding hydrogens is 242 g/mol. The van der Waals surface area contributed by atoms with Crippen LogP contribution in [0.1, 0.15) is 44.9 Å². The smallest absolute Gasteiger partial charge is 0.410 e. The van der Waals surface area contributed by atoms with Crippen LogP contribution >= 0.6 is 0 Å². The normalized spacial score (nSPS) is 18.9.